The molecule has 0 atom stereocenters. The topological polar surface area (TPSA) is 70.2 Å². The molecule has 0 N–H and O–H groups in total. The van der Waals surface area contributed by atoms with Gasteiger partial charge in [0, 0.05) is 39.8 Å². The van der Waals surface area contributed by atoms with Crippen LogP contribution in [-0.2, 0) is 16.4 Å². The van der Waals surface area contributed by atoms with Gasteiger partial charge in [-0.05, 0) is 48.4 Å². The number of methoxy groups -OCH3 is 1. The lowest BCUT2D eigenvalue weighted by Crippen LogP contribution is -2.49. The van der Waals surface area contributed by atoms with Crippen LogP contribution in [0.3, 0.4) is 0 Å². The largest absolute Gasteiger partial charge is 0.495 e. The highest BCUT2D eigenvalue weighted by Crippen LogP contribution is 2.33. The number of carbonyl (C=O) groups is 1. The van der Waals surface area contributed by atoms with Crippen molar-refractivity contribution in [3.8, 4) is 5.75 Å². The number of halogens is 2. The fourth-order valence-corrected chi connectivity index (χ4v) is 5.68. The molecule has 1 heterocycles. The van der Waals surface area contributed by atoms with E-state index in [-0.39, 0.29) is 21.4 Å². The van der Waals surface area contributed by atoms with Crippen molar-refractivity contribution in [1.82, 2.24) is 9.21 Å². The standard InChI is InChI=1S/C27H29ClFN3O4S/c1-30(13-12-20-6-4-3-5-7-20)37(34,35)22-9-11-26(36-2)25(19-22)31-14-16-32(17-15-31)27(33)23-18-21(29)8-10-24(23)28/h3-11,18-19H,12-17H2,1-2H3. The molecule has 0 aromatic heterocycles. The van der Waals surface area contributed by atoms with E-state index >= 15 is 0 Å². The number of ether oxygens (including phenoxy) is 1. The SMILES string of the molecule is COc1ccc(S(=O)(=O)N(C)CCc2ccccc2)cc1N1CCN(C(=O)c2cc(F)ccc2Cl)CC1. The van der Waals surface area contributed by atoms with Crippen molar-refractivity contribution in [1.29, 1.82) is 0 Å². The van der Waals surface area contributed by atoms with E-state index in [1.807, 2.05) is 35.2 Å². The number of hydrogen-bond acceptors (Lipinski definition) is 5. The average Bonchev–Trinajstić information content (AvgIpc) is 2.92. The summed E-state index contributed by atoms with van der Waals surface area (Å²) in [7, 11) is -0.622. The molecule has 3 aromatic carbocycles. The summed E-state index contributed by atoms with van der Waals surface area (Å²) in [4.78, 5) is 16.7. The third-order valence-corrected chi connectivity index (χ3v) is 8.67. The van der Waals surface area contributed by atoms with Crippen LogP contribution in [0, 0.1) is 5.82 Å². The number of nitrogens with zero attached hydrogens (tertiary/aromatic N) is 3. The van der Waals surface area contributed by atoms with Gasteiger partial charge < -0.3 is 14.5 Å². The van der Waals surface area contributed by atoms with E-state index in [1.54, 1.807) is 30.1 Å². The van der Waals surface area contributed by atoms with Gasteiger partial charge in [0.1, 0.15) is 11.6 Å². The van der Waals surface area contributed by atoms with E-state index in [2.05, 4.69) is 0 Å². The van der Waals surface area contributed by atoms with Crippen LogP contribution < -0.4 is 9.64 Å². The first-order valence-electron chi connectivity index (χ1n) is 11.9. The van der Waals surface area contributed by atoms with Gasteiger partial charge in [0.2, 0.25) is 10.0 Å². The van der Waals surface area contributed by atoms with Crippen molar-refractivity contribution in [2.75, 3.05) is 51.8 Å². The normalized spacial score (nSPS) is 14.2. The van der Waals surface area contributed by atoms with E-state index in [9.17, 15) is 17.6 Å². The molecule has 0 saturated carbocycles. The number of benzene rings is 3. The molecule has 196 valence electrons. The third kappa shape index (κ3) is 6.06. The molecule has 1 saturated heterocycles. The van der Waals surface area contributed by atoms with E-state index < -0.39 is 15.8 Å². The Hall–Kier alpha value is -3.14. The lowest BCUT2D eigenvalue weighted by Gasteiger charge is -2.37. The first kappa shape index (κ1) is 26.9. The van der Waals surface area contributed by atoms with Gasteiger partial charge in [0.25, 0.3) is 5.91 Å². The fourth-order valence-electron chi connectivity index (χ4n) is 4.29. The van der Waals surface area contributed by atoms with Crippen molar-refractivity contribution in [3.63, 3.8) is 0 Å². The zero-order valence-electron chi connectivity index (χ0n) is 20.7. The second kappa shape index (κ2) is 11.5. The van der Waals surface area contributed by atoms with Crippen LogP contribution in [0.1, 0.15) is 15.9 Å². The van der Waals surface area contributed by atoms with Gasteiger partial charge in [-0.15, -0.1) is 0 Å². The van der Waals surface area contributed by atoms with Gasteiger partial charge in [-0.25, -0.2) is 17.1 Å². The molecule has 0 spiro atoms. The Labute approximate surface area is 222 Å². The monoisotopic (exact) mass is 545 g/mol. The van der Waals surface area contributed by atoms with Gasteiger partial charge in [0.15, 0.2) is 0 Å². The highest BCUT2D eigenvalue weighted by molar-refractivity contribution is 7.89. The predicted molar refractivity (Wildman–Crippen MR) is 142 cm³/mol. The third-order valence-electron chi connectivity index (χ3n) is 6.48. The van der Waals surface area contributed by atoms with Crippen molar-refractivity contribution in [2.45, 2.75) is 11.3 Å². The van der Waals surface area contributed by atoms with Crippen molar-refractivity contribution in [2.24, 2.45) is 0 Å². The summed E-state index contributed by atoms with van der Waals surface area (Å²) in [5.41, 5.74) is 1.82. The van der Waals surface area contributed by atoms with Crippen molar-refractivity contribution in [3.05, 3.63) is 88.7 Å². The van der Waals surface area contributed by atoms with Crippen LogP contribution in [0.4, 0.5) is 10.1 Å². The van der Waals surface area contributed by atoms with E-state index in [1.165, 1.54) is 23.5 Å². The summed E-state index contributed by atoms with van der Waals surface area (Å²) in [6.07, 6.45) is 0.602. The van der Waals surface area contributed by atoms with Gasteiger partial charge >= 0.3 is 0 Å². The molecule has 10 heteroatoms. The Kier molecular flexibility index (Phi) is 8.36. The average molecular weight is 546 g/mol. The molecule has 0 aliphatic carbocycles. The van der Waals surface area contributed by atoms with E-state index in [4.69, 9.17) is 16.3 Å². The lowest BCUT2D eigenvalue weighted by atomic mass is 10.1. The number of anilines is 1. The lowest BCUT2D eigenvalue weighted by molar-refractivity contribution is 0.0746. The molecule has 1 amide bonds. The van der Waals surface area contributed by atoms with Crippen molar-refractivity contribution >= 4 is 33.2 Å². The first-order chi connectivity index (χ1) is 17.7. The van der Waals surface area contributed by atoms with Gasteiger partial charge in [-0.1, -0.05) is 41.9 Å². The molecule has 0 radical (unpaired) electrons. The Bertz CT molecular complexity index is 1360. The van der Waals surface area contributed by atoms with Crippen LogP contribution >= 0.6 is 11.6 Å². The number of amides is 1. The number of likely N-dealkylation sites (N-methyl/N-ethyl adjacent to an activating group) is 1. The highest BCUT2D eigenvalue weighted by Gasteiger charge is 2.28. The van der Waals surface area contributed by atoms with E-state index in [0.29, 0.717) is 50.6 Å². The first-order valence-corrected chi connectivity index (χ1v) is 13.7. The minimum Gasteiger partial charge on any atom is -0.495 e. The smallest absolute Gasteiger partial charge is 0.255 e. The van der Waals surface area contributed by atoms with Crippen LogP contribution in [0.15, 0.2) is 71.6 Å². The fraction of sp³-hybridized carbons (Fsp3) is 0.296. The summed E-state index contributed by atoms with van der Waals surface area (Å²) < 4.78 is 47.2. The molecule has 1 fully saturated rings. The minimum atomic E-state index is -3.73. The number of sulfonamides is 1. The molecule has 1 aliphatic rings. The summed E-state index contributed by atoms with van der Waals surface area (Å²) in [5, 5.41) is 0.199. The Morgan fingerprint density at radius 2 is 1.73 bits per heavy atom. The highest BCUT2D eigenvalue weighted by atomic mass is 35.5. The zero-order chi connectivity index (χ0) is 26.6. The molecule has 4 rings (SSSR count). The van der Waals surface area contributed by atoms with Crippen LogP contribution in [0.2, 0.25) is 5.02 Å². The number of carbonyl (C=O) groups excluding carboxylic acids is 1. The van der Waals surface area contributed by atoms with Crippen LogP contribution in [-0.4, -0.2) is 70.4 Å². The Morgan fingerprint density at radius 3 is 2.41 bits per heavy atom. The van der Waals surface area contributed by atoms with Gasteiger partial charge in [0.05, 0.1) is 28.3 Å². The maximum absolute atomic E-state index is 13.7. The molecule has 3 aromatic rings. The quantitative estimate of drug-likeness (QED) is 0.422. The van der Waals surface area contributed by atoms with Gasteiger partial charge in [-0.2, -0.15) is 0 Å². The second-order valence-corrected chi connectivity index (χ2v) is 11.3. The molecule has 37 heavy (non-hydrogen) atoms. The molecular weight excluding hydrogens is 517 g/mol. The predicted octanol–water partition coefficient (Wildman–Crippen LogP) is 4.31. The number of hydrogen-bond donors (Lipinski definition) is 0. The summed E-state index contributed by atoms with van der Waals surface area (Å²) in [6, 6.07) is 18.3. The van der Waals surface area contributed by atoms with Crippen LogP contribution in [0.5, 0.6) is 5.75 Å². The summed E-state index contributed by atoms with van der Waals surface area (Å²) >= 11 is 6.12. The second-order valence-electron chi connectivity index (χ2n) is 8.80. The number of piperazine rings is 1. The zero-order valence-corrected chi connectivity index (χ0v) is 22.3. The van der Waals surface area contributed by atoms with E-state index in [0.717, 1.165) is 11.6 Å². The van der Waals surface area contributed by atoms with Crippen molar-refractivity contribution < 1.29 is 22.3 Å². The molecule has 0 bridgehead atoms. The van der Waals surface area contributed by atoms with Crippen LogP contribution in [0.25, 0.3) is 0 Å². The molecular formula is C27H29ClFN3O4S. The minimum absolute atomic E-state index is 0.124. The van der Waals surface area contributed by atoms with Gasteiger partial charge in [-0.3, -0.25) is 4.79 Å². The summed E-state index contributed by atoms with van der Waals surface area (Å²) in [5.74, 6) is -0.325. The maximum atomic E-state index is 13.7. The summed E-state index contributed by atoms with van der Waals surface area (Å²) in [6.45, 7) is 1.97. The molecule has 0 unspecified atom stereocenters. The molecule has 1 aliphatic heterocycles. The number of rotatable bonds is 8. The Morgan fingerprint density at radius 1 is 1.03 bits per heavy atom. The molecule has 7 nitrogen and oxygen atoms in total. The Balaban J connectivity index is 1.48. The maximum Gasteiger partial charge on any atom is 0.255 e.